The maximum Gasteiger partial charge on any atom is 0.251 e. The van der Waals surface area contributed by atoms with Gasteiger partial charge in [0.15, 0.2) is 0 Å². The second-order valence-corrected chi connectivity index (χ2v) is 4.75. The van der Waals surface area contributed by atoms with Crippen LogP contribution in [0.25, 0.3) is 0 Å². The van der Waals surface area contributed by atoms with E-state index in [1.165, 1.54) is 0 Å². The molecule has 1 unspecified atom stereocenters. The van der Waals surface area contributed by atoms with Crippen LogP contribution in [0, 0.1) is 5.92 Å². The van der Waals surface area contributed by atoms with Gasteiger partial charge in [0.2, 0.25) is 5.91 Å². The first-order valence-electron chi connectivity index (χ1n) is 5.89. The molecule has 1 heterocycles. The Hall–Kier alpha value is -1.49. The van der Waals surface area contributed by atoms with Gasteiger partial charge in [0, 0.05) is 31.3 Å². The quantitative estimate of drug-likeness (QED) is 0.809. The minimum absolute atomic E-state index is 0.100. The number of hydrogen-bond acceptors (Lipinski definition) is 3. The molecule has 0 radical (unpaired) electrons. The Kier molecular flexibility index (Phi) is 3.91. The largest absolute Gasteiger partial charge is 0.355 e. The Morgan fingerprint density at radius 3 is 2.94 bits per heavy atom. The molecule has 1 N–H and O–H groups in total. The summed E-state index contributed by atoms with van der Waals surface area (Å²) in [6.07, 6.45) is 0.535. The number of rotatable bonds is 3. The number of hydrogen-bond donors (Lipinski definition) is 2. The molecule has 1 saturated heterocycles. The van der Waals surface area contributed by atoms with Crippen molar-refractivity contribution in [1.82, 2.24) is 5.32 Å². The molecule has 1 atom stereocenters. The van der Waals surface area contributed by atoms with E-state index in [9.17, 15) is 9.59 Å². The molecule has 1 aromatic carbocycles. The van der Waals surface area contributed by atoms with Crippen molar-refractivity contribution in [3.8, 4) is 0 Å². The summed E-state index contributed by atoms with van der Waals surface area (Å²) in [6, 6.07) is 7.13. The fourth-order valence-corrected chi connectivity index (χ4v) is 2.36. The van der Waals surface area contributed by atoms with E-state index in [4.69, 9.17) is 0 Å². The molecule has 0 aliphatic carbocycles. The number of thiol groups is 1. The third-order valence-corrected chi connectivity index (χ3v) is 3.63. The summed E-state index contributed by atoms with van der Waals surface area (Å²) in [4.78, 5) is 25.2. The van der Waals surface area contributed by atoms with Crippen LogP contribution in [0.1, 0.15) is 16.8 Å². The second-order valence-electron chi connectivity index (χ2n) is 4.39. The number of carbonyl (C=O) groups excluding carboxylic acids is 2. The summed E-state index contributed by atoms with van der Waals surface area (Å²) in [6.45, 7) is 0.680. The summed E-state index contributed by atoms with van der Waals surface area (Å²) in [5.41, 5.74) is 1.35. The monoisotopic (exact) mass is 264 g/mol. The first-order valence-corrected chi connectivity index (χ1v) is 6.52. The third kappa shape index (κ3) is 2.51. The minimum atomic E-state index is -0.144. The highest BCUT2D eigenvalue weighted by Crippen LogP contribution is 2.26. The van der Waals surface area contributed by atoms with Crippen molar-refractivity contribution in [2.75, 3.05) is 24.2 Å². The van der Waals surface area contributed by atoms with E-state index >= 15 is 0 Å². The van der Waals surface area contributed by atoms with Crippen molar-refractivity contribution in [3.05, 3.63) is 29.8 Å². The SMILES string of the molecule is CNC(=O)c1cccc(N2CC(CS)CC2=O)c1. The Morgan fingerprint density at radius 1 is 1.56 bits per heavy atom. The van der Waals surface area contributed by atoms with Gasteiger partial charge in [0.1, 0.15) is 0 Å². The van der Waals surface area contributed by atoms with Crippen molar-refractivity contribution < 1.29 is 9.59 Å². The molecule has 1 aromatic rings. The molecule has 18 heavy (non-hydrogen) atoms. The van der Waals surface area contributed by atoms with Crippen LogP contribution in [0.15, 0.2) is 24.3 Å². The van der Waals surface area contributed by atoms with Crippen LogP contribution >= 0.6 is 12.6 Å². The van der Waals surface area contributed by atoms with Crippen molar-refractivity contribution in [3.63, 3.8) is 0 Å². The first kappa shape index (κ1) is 13.0. The van der Waals surface area contributed by atoms with E-state index in [0.29, 0.717) is 30.2 Å². The van der Waals surface area contributed by atoms with Gasteiger partial charge in [-0.25, -0.2) is 0 Å². The van der Waals surface area contributed by atoms with Crippen LogP contribution in [0.4, 0.5) is 5.69 Å². The predicted molar refractivity (Wildman–Crippen MR) is 74.1 cm³/mol. The molecule has 2 rings (SSSR count). The zero-order valence-electron chi connectivity index (χ0n) is 10.2. The van der Waals surface area contributed by atoms with Crippen LogP contribution in [-0.2, 0) is 4.79 Å². The average molecular weight is 264 g/mol. The van der Waals surface area contributed by atoms with E-state index in [0.717, 1.165) is 5.69 Å². The highest BCUT2D eigenvalue weighted by molar-refractivity contribution is 7.80. The second kappa shape index (κ2) is 5.44. The molecule has 1 aliphatic heterocycles. The molecular weight excluding hydrogens is 248 g/mol. The van der Waals surface area contributed by atoms with Gasteiger partial charge in [-0.05, 0) is 29.9 Å². The Labute approximate surface area is 112 Å². The lowest BCUT2D eigenvalue weighted by atomic mass is 10.1. The van der Waals surface area contributed by atoms with Gasteiger partial charge in [-0.3, -0.25) is 9.59 Å². The summed E-state index contributed by atoms with van der Waals surface area (Å²) >= 11 is 4.23. The van der Waals surface area contributed by atoms with Crippen molar-refractivity contribution in [2.24, 2.45) is 5.92 Å². The van der Waals surface area contributed by atoms with Crippen molar-refractivity contribution >= 4 is 30.1 Å². The topological polar surface area (TPSA) is 49.4 Å². The molecule has 0 aromatic heterocycles. The Morgan fingerprint density at radius 2 is 2.33 bits per heavy atom. The molecular formula is C13H16N2O2S. The minimum Gasteiger partial charge on any atom is -0.355 e. The maximum atomic E-state index is 11.9. The van der Waals surface area contributed by atoms with Crippen molar-refractivity contribution in [1.29, 1.82) is 0 Å². The highest BCUT2D eigenvalue weighted by atomic mass is 32.1. The molecule has 1 aliphatic rings. The van der Waals surface area contributed by atoms with E-state index in [-0.39, 0.29) is 11.8 Å². The van der Waals surface area contributed by atoms with Crippen LogP contribution in [-0.4, -0.2) is 31.2 Å². The molecule has 4 nitrogen and oxygen atoms in total. The van der Waals surface area contributed by atoms with Crippen LogP contribution in [0.3, 0.4) is 0 Å². The zero-order chi connectivity index (χ0) is 13.1. The van der Waals surface area contributed by atoms with Gasteiger partial charge in [-0.1, -0.05) is 6.07 Å². The maximum absolute atomic E-state index is 11.9. The molecule has 96 valence electrons. The summed E-state index contributed by atoms with van der Waals surface area (Å²) in [5.74, 6) is 0.957. The Balaban J connectivity index is 2.24. The summed E-state index contributed by atoms with van der Waals surface area (Å²) < 4.78 is 0. The van der Waals surface area contributed by atoms with Gasteiger partial charge in [0.25, 0.3) is 5.91 Å². The van der Waals surface area contributed by atoms with Crippen LogP contribution in [0.2, 0.25) is 0 Å². The number of nitrogens with one attached hydrogen (secondary N) is 1. The van der Waals surface area contributed by atoms with Gasteiger partial charge in [0.05, 0.1) is 0 Å². The lowest BCUT2D eigenvalue weighted by Gasteiger charge is -2.17. The standard InChI is InChI=1S/C13H16N2O2S/c1-14-13(17)10-3-2-4-11(6-10)15-7-9(8-18)5-12(15)16/h2-4,6,9,18H,5,7-8H2,1H3,(H,14,17). The lowest BCUT2D eigenvalue weighted by Crippen LogP contribution is -2.25. The lowest BCUT2D eigenvalue weighted by molar-refractivity contribution is -0.117. The summed E-state index contributed by atoms with van der Waals surface area (Å²) in [7, 11) is 1.59. The molecule has 0 spiro atoms. The number of benzene rings is 1. The van der Waals surface area contributed by atoms with E-state index in [2.05, 4.69) is 17.9 Å². The number of carbonyl (C=O) groups is 2. The first-order chi connectivity index (χ1) is 8.65. The van der Waals surface area contributed by atoms with Crippen LogP contribution in [0.5, 0.6) is 0 Å². The summed E-state index contributed by atoms with van der Waals surface area (Å²) in [5, 5.41) is 2.58. The van der Waals surface area contributed by atoms with E-state index in [1.807, 2.05) is 6.07 Å². The third-order valence-electron chi connectivity index (χ3n) is 3.11. The average Bonchev–Trinajstić information content (AvgIpc) is 2.79. The predicted octanol–water partition coefficient (Wildman–Crippen LogP) is 1.33. The fraction of sp³-hybridized carbons (Fsp3) is 0.385. The van der Waals surface area contributed by atoms with Gasteiger partial charge in [-0.15, -0.1) is 0 Å². The van der Waals surface area contributed by atoms with Crippen molar-refractivity contribution in [2.45, 2.75) is 6.42 Å². The van der Waals surface area contributed by atoms with Gasteiger partial charge in [-0.2, -0.15) is 12.6 Å². The molecule has 2 amide bonds. The molecule has 5 heteroatoms. The molecule has 0 bridgehead atoms. The van der Waals surface area contributed by atoms with E-state index < -0.39 is 0 Å². The van der Waals surface area contributed by atoms with Crippen LogP contribution < -0.4 is 10.2 Å². The fourth-order valence-electron chi connectivity index (χ4n) is 2.11. The molecule has 1 fully saturated rings. The van der Waals surface area contributed by atoms with Gasteiger partial charge < -0.3 is 10.2 Å². The normalized spacial score (nSPS) is 19.1. The number of nitrogens with zero attached hydrogens (tertiary/aromatic N) is 1. The Bertz CT molecular complexity index is 476. The highest BCUT2D eigenvalue weighted by Gasteiger charge is 2.29. The number of anilines is 1. The molecule has 0 saturated carbocycles. The zero-order valence-corrected chi connectivity index (χ0v) is 11.1. The van der Waals surface area contributed by atoms with E-state index in [1.54, 1.807) is 30.1 Å². The smallest absolute Gasteiger partial charge is 0.251 e. The number of amides is 2. The van der Waals surface area contributed by atoms with Gasteiger partial charge >= 0.3 is 0 Å².